The molecule has 0 unspecified atom stereocenters. The van der Waals surface area contributed by atoms with Gasteiger partial charge in [-0.25, -0.2) is 0 Å². The number of rotatable bonds is 6. The minimum atomic E-state index is -0.0642. The van der Waals surface area contributed by atoms with Gasteiger partial charge in [-0.05, 0) is 19.3 Å². The van der Waals surface area contributed by atoms with E-state index in [1.807, 2.05) is 0 Å². The average Bonchev–Trinajstić information content (AvgIpc) is 2.10. The van der Waals surface area contributed by atoms with Crippen molar-refractivity contribution in [2.75, 3.05) is 20.3 Å². The molecule has 6 N–H and O–H groups in total. The molecule has 0 fully saturated rings. The molecule has 14 heavy (non-hydrogen) atoms. The van der Waals surface area contributed by atoms with Gasteiger partial charge in [-0.15, -0.1) is 0 Å². The van der Waals surface area contributed by atoms with Gasteiger partial charge in [-0.2, -0.15) is 4.99 Å². The highest BCUT2D eigenvalue weighted by Crippen LogP contribution is 1.95. The molecule has 0 heterocycles. The molecule has 0 bridgehead atoms. The number of aliphatic imine (C=N–C) groups is 2. The lowest BCUT2D eigenvalue weighted by Crippen LogP contribution is -2.26. The number of ether oxygens (including phenoxy) is 1. The third-order valence-electron chi connectivity index (χ3n) is 1.52. The molecule has 0 saturated carbocycles. The van der Waals surface area contributed by atoms with Crippen molar-refractivity contribution < 1.29 is 4.74 Å². The summed E-state index contributed by atoms with van der Waals surface area (Å²) in [6.45, 7) is 1.43. The molecular weight excluding hydrogens is 182 g/mol. The molecule has 6 nitrogen and oxygen atoms in total. The summed E-state index contributed by atoms with van der Waals surface area (Å²) >= 11 is 0. The van der Waals surface area contributed by atoms with Crippen LogP contribution in [0.25, 0.3) is 0 Å². The number of guanidine groups is 2. The highest BCUT2D eigenvalue weighted by Gasteiger charge is 1.90. The molecule has 0 aliphatic heterocycles. The van der Waals surface area contributed by atoms with Gasteiger partial charge in [-0.1, -0.05) is 0 Å². The summed E-state index contributed by atoms with van der Waals surface area (Å²) in [6.07, 6.45) is 3.06. The van der Waals surface area contributed by atoms with E-state index in [0.29, 0.717) is 6.54 Å². The third kappa shape index (κ3) is 8.79. The predicted molar refractivity (Wildman–Crippen MR) is 58.0 cm³/mol. The number of unbranched alkanes of at least 4 members (excludes halogenated alkanes) is 2. The van der Waals surface area contributed by atoms with Crippen LogP contribution < -0.4 is 17.2 Å². The molecule has 0 aliphatic carbocycles. The second kappa shape index (κ2) is 8.31. The van der Waals surface area contributed by atoms with E-state index in [1.54, 1.807) is 7.11 Å². The van der Waals surface area contributed by atoms with E-state index in [0.717, 1.165) is 25.9 Å². The van der Waals surface area contributed by atoms with Crippen LogP contribution in [0.1, 0.15) is 19.3 Å². The normalized spacial score (nSPS) is 11.4. The molecule has 0 spiro atoms. The quantitative estimate of drug-likeness (QED) is 0.302. The zero-order valence-corrected chi connectivity index (χ0v) is 8.57. The highest BCUT2D eigenvalue weighted by molar-refractivity contribution is 5.92. The van der Waals surface area contributed by atoms with E-state index < -0.39 is 0 Å². The Labute approximate surface area is 84.2 Å². The smallest absolute Gasteiger partial charge is 0.218 e. The molecule has 6 heteroatoms. The number of hydrogen-bond donors (Lipinski definition) is 3. The van der Waals surface area contributed by atoms with Crippen molar-refractivity contribution in [1.82, 2.24) is 0 Å². The number of nitrogens with two attached hydrogens (primary N) is 3. The van der Waals surface area contributed by atoms with Crippen molar-refractivity contribution in [1.29, 1.82) is 0 Å². The van der Waals surface area contributed by atoms with Crippen molar-refractivity contribution in [3.63, 3.8) is 0 Å². The predicted octanol–water partition coefficient (Wildman–Crippen LogP) is -0.609. The van der Waals surface area contributed by atoms with Crippen molar-refractivity contribution in [3.05, 3.63) is 0 Å². The first-order valence-corrected chi connectivity index (χ1v) is 4.55. The molecule has 0 saturated heterocycles. The van der Waals surface area contributed by atoms with Gasteiger partial charge >= 0.3 is 0 Å². The molecule has 0 amide bonds. The lowest BCUT2D eigenvalue weighted by molar-refractivity contribution is 0.192. The molecular formula is C8H19N5O. The topological polar surface area (TPSA) is 112 Å². The van der Waals surface area contributed by atoms with Crippen LogP contribution in [-0.4, -0.2) is 32.2 Å². The Hall–Kier alpha value is -1.30. The van der Waals surface area contributed by atoms with Crippen LogP contribution in [0.5, 0.6) is 0 Å². The first-order chi connectivity index (χ1) is 6.66. The number of hydrogen-bond acceptors (Lipinski definition) is 2. The van der Waals surface area contributed by atoms with Crippen LogP contribution >= 0.6 is 0 Å². The van der Waals surface area contributed by atoms with Crippen molar-refractivity contribution >= 4 is 11.9 Å². The van der Waals surface area contributed by atoms with E-state index in [-0.39, 0.29) is 11.9 Å². The summed E-state index contributed by atoms with van der Waals surface area (Å²) in [5.74, 6) is 0.0716. The maximum atomic E-state index is 5.39. The molecule has 0 aliphatic rings. The second-order valence-corrected chi connectivity index (χ2v) is 2.83. The van der Waals surface area contributed by atoms with Crippen LogP contribution in [0.15, 0.2) is 9.98 Å². The first kappa shape index (κ1) is 12.7. The van der Waals surface area contributed by atoms with Crippen molar-refractivity contribution in [2.45, 2.75) is 19.3 Å². The van der Waals surface area contributed by atoms with E-state index in [9.17, 15) is 0 Å². The Morgan fingerprint density at radius 2 is 1.86 bits per heavy atom. The molecule has 82 valence electrons. The van der Waals surface area contributed by atoms with Crippen LogP contribution in [0.4, 0.5) is 0 Å². The van der Waals surface area contributed by atoms with Gasteiger partial charge in [0, 0.05) is 20.3 Å². The zero-order valence-electron chi connectivity index (χ0n) is 8.57. The number of methoxy groups -OCH3 is 1. The van der Waals surface area contributed by atoms with Gasteiger partial charge < -0.3 is 21.9 Å². The van der Waals surface area contributed by atoms with Crippen molar-refractivity contribution in [2.24, 2.45) is 27.2 Å². The van der Waals surface area contributed by atoms with Crippen LogP contribution in [0.3, 0.4) is 0 Å². The fourth-order valence-corrected chi connectivity index (χ4v) is 0.896. The largest absolute Gasteiger partial charge is 0.385 e. The standard InChI is InChI=1S/C8H19N5O/c1-14-6-4-2-3-5-12-8(11)13-7(9)10/h2-6H2,1H3,(H6,9,10,11,12,13). The van der Waals surface area contributed by atoms with E-state index in [2.05, 4.69) is 9.98 Å². The van der Waals surface area contributed by atoms with Gasteiger partial charge in [0.15, 0.2) is 5.96 Å². The molecule has 0 rings (SSSR count). The minimum Gasteiger partial charge on any atom is -0.385 e. The van der Waals surface area contributed by atoms with E-state index in [4.69, 9.17) is 21.9 Å². The van der Waals surface area contributed by atoms with Gasteiger partial charge in [-0.3, -0.25) is 4.99 Å². The Morgan fingerprint density at radius 1 is 1.14 bits per heavy atom. The summed E-state index contributed by atoms with van der Waals surface area (Å²) < 4.78 is 4.91. The summed E-state index contributed by atoms with van der Waals surface area (Å²) in [6, 6.07) is 0. The first-order valence-electron chi connectivity index (χ1n) is 4.55. The highest BCUT2D eigenvalue weighted by atomic mass is 16.5. The van der Waals surface area contributed by atoms with Gasteiger partial charge in [0.2, 0.25) is 5.96 Å². The Morgan fingerprint density at radius 3 is 2.43 bits per heavy atom. The molecule has 0 aromatic carbocycles. The fraction of sp³-hybridized carbons (Fsp3) is 0.750. The SMILES string of the molecule is COCCCCCN=C(N)N=C(N)N. The third-order valence-corrected chi connectivity index (χ3v) is 1.52. The van der Waals surface area contributed by atoms with Crippen LogP contribution in [0, 0.1) is 0 Å². The summed E-state index contributed by atoms with van der Waals surface area (Å²) in [4.78, 5) is 7.55. The Bertz CT molecular complexity index is 198. The second-order valence-electron chi connectivity index (χ2n) is 2.83. The monoisotopic (exact) mass is 201 g/mol. The maximum absolute atomic E-state index is 5.39. The van der Waals surface area contributed by atoms with Gasteiger partial charge in [0.05, 0.1) is 0 Å². The lowest BCUT2D eigenvalue weighted by atomic mass is 10.2. The molecule has 0 aromatic rings. The number of nitrogens with zero attached hydrogens (tertiary/aromatic N) is 2. The van der Waals surface area contributed by atoms with Crippen molar-refractivity contribution in [3.8, 4) is 0 Å². The molecule has 0 aromatic heterocycles. The summed E-state index contributed by atoms with van der Waals surface area (Å²) in [7, 11) is 1.69. The lowest BCUT2D eigenvalue weighted by Gasteiger charge is -1.98. The van der Waals surface area contributed by atoms with Gasteiger partial charge in [0.25, 0.3) is 0 Å². The van der Waals surface area contributed by atoms with E-state index in [1.165, 1.54) is 0 Å². The molecule has 0 atom stereocenters. The minimum absolute atomic E-state index is 0.0642. The van der Waals surface area contributed by atoms with Crippen LogP contribution in [0.2, 0.25) is 0 Å². The summed E-state index contributed by atoms with van der Waals surface area (Å²) in [5.41, 5.74) is 15.6. The Kier molecular flexibility index (Phi) is 7.53. The maximum Gasteiger partial charge on any atom is 0.218 e. The fourth-order valence-electron chi connectivity index (χ4n) is 0.896. The average molecular weight is 201 g/mol. The van der Waals surface area contributed by atoms with Gasteiger partial charge in [0.1, 0.15) is 0 Å². The molecule has 0 radical (unpaired) electrons. The zero-order chi connectivity index (χ0) is 10.8. The van der Waals surface area contributed by atoms with E-state index >= 15 is 0 Å². The Balaban J connectivity index is 3.47. The summed E-state index contributed by atoms with van der Waals surface area (Å²) in [5, 5.41) is 0. The van der Waals surface area contributed by atoms with Crippen LogP contribution in [-0.2, 0) is 4.74 Å².